The van der Waals surface area contributed by atoms with Crippen LogP contribution in [0.2, 0.25) is 0 Å². The van der Waals surface area contributed by atoms with Gasteiger partial charge in [0.25, 0.3) is 11.8 Å². The van der Waals surface area contributed by atoms with Crippen molar-refractivity contribution in [3.8, 4) is 0 Å². The number of carbonyl (C=O) groups excluding carboxylic acids is 2. The number of piperazine rings is 1. The number of hydrogen-bond donors (Lipinski definition) is 2. The summed E-state index contributed by atoms with van der Waals surface area (Å²) in [7, 11) is 0. The number of amides is 2. The third-order valence-corrected chi connectivity index (χ3v) is 7.65. The maximum atomic E-state index is 14.0. The first-order valence-corrected chi connectivity index (χ1v) is 13.3. The molecular weight excluding hydrogens is 487 g/mol. The largest absolute Gasteiger partial charge is 0.367 e. The Morgan fingerprint density at radius 2 is 1.70 bits per heavy atom. The lowest BCUT2D eigenvalue weighted by Crippen LogP contribution is -2.47. The molecule has 5 rings (SSSR count). The number of carbonyl (C=O) groups is 2. The second-order valence-electron chi connectivity index (χ2n) is 9.07. The fourth-order valence-corrected chi connectivity index (χ4v) is 5.46. The SMILES string of the molecule is O=C1Nc2ccccc2S/C1=C/c1ccc(C(=O)NCCCN2CCN(c3ccccc3F)CC2)cc1. The number of rotatable bonds is 7. The van der Waals surface area contributed by atoms with E-state index in [0.29, 0.717) is 22.7 Å². The van der Waals surface area contributed by atoms with Gasteiger partial charge in [-0.15, -0.1) is 0 Å². The highest BCUT2D eigenvalue weighted by Crippen LogP contribution is 2.38. The Labute approximate surface area is 220 Å². The average Bonchev–Trinajstić information content (AvgIpc) is 2.92. The fourth-order valence-electron chi connectivity index (χ4n) is 4.51. The average molecular weight is 517 g/mol. The minimum atomic E-state index is -0.174. The van der Waals surface area contributed by atoms with E-state index in [1.54, 1.807) is 18.2 Å². The van der Waals surface area contributed by atoms with Gasteiger partial charge in [0.1, 0.15) is 5.82 Å². The van der Waals surface area contributed by atoms with Crippen molar-refractivity contribution >= 4 is 41.0 Å². The van der Waals surface area contributed by atoms with Crippen molar-refractivity contribution in [1.82, 2.24) is 10.2 Å². The zero-order valence-electron chi connectivity index (χ0n) is 20.5. The molecule has 2 heterocycles. The number of thioether (sulfide) groups is 1. The molecule has 0 saturated carbocycles. The summed E-state index contributed by atoms with van der Waals surface area (Å²) in [6.45, 7) is 4.82. The Bertz CT molecular complexity index is 1300. The van der Waals surface area contributed by atoms with Crippen LogP contribution >= 0.6 is 11.8 Å². The first-order valence-electron chi connectivity index (χ1n) is 12.5. The molecule has 2 aliphatic heterocycles. The molecule has 6 nitrogen and oxygen atoms in total. The molecule has 0 atom stereocenters. The van der Waals surface area contributed by atoms with E-state index in [-0.39, 0.29) is 17.6 Å². The molecule has 37 heavy (non-hydrogen) atoms. The third-order valence-electron chi connectivity index (χ3n) is 6.55. The van der Waals surface area contributed by atoms with Gasteiger partial charge in [0.2, 0.25) is 0 Å². The number of fused-ring (bicyclic) bond motifs is 1. The quantitative estimate of drug-likeness (QED) is 0.347. The lowest BCUT2D eigenvalue weighted by Gasteiger charge is -2.36. The molecule has 0 radical (unpaired) electrons. The van der Waals surface area contributed by atoms with E-state index in [9.17, 15) is 14.0 Å². The van der Waals surface area contributed by atoms with Crippen molar-refractivity contribution in [2.45, 2.75) is 11.3 Å². The predicted molar refractivity (Wildman–Crippen MR) is 147 cm³/mol. The van der Waals surface area contributed by atoms with Gasteiger partial charge in [-0.1, -0.05) is 48.2 Å². The number of nitrogens with one attached hydrogen (secondary N) is 2. The summed E-state index contributed by atoms with van der Waals surface area (Å²) >= 11 is 1.44. The van der Waals surface area contributed by atoms with Gasteiger partial charge in [-0.25, -0.2) is 4.39 Å². The summed E-state index contributed by atoms with van der Waals surface area (Å²) in [6, 6.07) is 21.9. The molecule has 0 aliphatic carbocycles. The summed E-state index contributed by atoms with van der Waals surface area (Å²) in [5.41, 5.74) is 2.95. The monoisotopic (exact) mass is 516 g/mol. The van der Waals surface area contributed by atoms with E-state index in [1.807, 2.05) is 54.6 Å². The van der Waals surface area contributed by atoms with Crippen LogP contribution in [0.1, 0.15) is 22.3 Å². The van der Waals surface area contributed by atoms with Crippen molar-refractivity contribution in [1.29, 1.82) is 0 Å². The molecular formula is C29H29FN4O2S. The fraction of sp³-hybridized carbons (Fsp3) is 0.241. The van der Waals surface area contributed by atoms with Crippen LogP contribution in [0, 0.1) is 5.82 Å². The lowest BCUT2D eigenvalue weighted by atomic mass is 10.1. The van der Waals surface area contributed by atoms with Gasteiger partial charge in [-0.05, 0) is 61.0 Å². The maximum absolute atomic E-state index is 14.0. The molecule has 2 N–H and O–H groups in total. The summed E-state index contributed by atoms with van der Waals surface area (Å²) < 4.78 is 14.0. The Kier molecular flexibility index (Phi) is 7.87. The van der Waals surface area contributed by atoms with Crippen LogP contribution in [0.3, 0.4) is 0 Å². The van der Waals surface area contributed by atoms with E-state index in [4.69, 9.17) is 0 Å². The van der Waals surface area contributed by atoms with Gasteiger partial charge in [-0.3, -0.25) is 14.5 Å². The van der Waals surface area contributed by atoms with E-state index < -0.39 is 0 Å². The topological polar surface area (TPSA) is 64.7 Å². The highest BCUT2D eigenvalue weighted by Gasteiger charge is 2.21. The van der Waals surface area contributed by atoms with Crippen molar-refractivity contribution < 1.29 is 14.0 Å². The third kappa shape index (κ3) is 6.21. The van der Waals surface area contributed by atoms with Gasteiger partial charge >= 0.3 is 0 Å². The van der Waals surface area contributed by atoms with Crippen LogP contribution in [0.4, 0.5) is 15.8 Å². The summed E-state index contributed by atoms with van der Waals surface area (Å²) in [5, 5.41) is 5.90. The molecule has 0 spiro atoms. The molecule has 190 valence electrons. The van der Waals surface area contributed by atoms with Crippen LogP contribution in [0.25, 0.3) is 6.08 Å². The Balaban J connectivity index is 1.06. The first kappa shape index (κ1) is 25.0. The molecule has 3 aromatic carbocycles. The van der Waals surface area contributed by atoms with Crippen LogP contribution in [0.5, 0.6) is 0 Å². The van der Waals surface area contributed by atoms with E-state index in [2.05, 4.69) is 20.4 Å². The van der Waals surface area contributed by atoms with E-state index >= 15 is 0 Å². The van der Waals surface area contributed by atoms with E-state index in [0.717, 1.165) is 55.3 Å². The zero-order chi connectivity index (χ0) is 25.6. The standard InChI is InChI=1S/C29H29FN4O2S/c30-23-6-1-3-8-25(23)34-18-16-33(17-19-34)15-5-14-31-28(35)22-12-10-21(11-13-22)20-27-29(36)32-24-7-2-4-9-26(24)37-27/h1-4,6-13,20H,5,14-19H2,(H,31,35)(H,32,36)/b27-20+. The first-order chi connectivity index (χ1) is 18.1. The number of hydrogen-bond acceptors (Lipinski definition) is 5. The van der Waals surface area contributed by atoms with Crippen LogP contribution < -0.4 is 15.5 Å². The number of anilines is 2. The molecule has 0 bridgehead atoms. The van der Waals surface area contributed by atoms with Crippen molar-refractivity contribution in [2.75, 3.05) is 49.5 Å². The highest BCUT2D eigenvalue weighted by atomic mass is 32.2. The molecule has 1 saturated heterocycles. The minimum absolute atomic E-state index is 0.109. The van der Waals surface area contributed by atoms with Gasteiger partial charge in [0, 0.05) is 43.2 Å². The van der Waals surface area contributed by atoms with Gasteiger partial charge in [-0.2, -0.15) is 0 Å². The van der Waals surface area contributed by atoms with Crippen molar-refractivity contribution in [3.63, 3.8) is 0 Å². The summed E-state index contributed by atoms with van der Waals surface area (Å²) in [4.78, 5) is 31.0. The summed E-state index contributed by atoms with van der Waals surface area (Å²) in [6.07, 6.45) is 2.69. The Morgan fingerprint density at radius 3 is 2.49 bits per heavy atom. The summed E-state index contributed by atoms with van der Waals surface area (Å²) in [5.74, 6) is -0.408. The zero-order valence-corrected chi connectivity index (χ0v) is 21.3. The van der Waals surface area contributed by atoms with Crippen LogP contribution in [-0.2, 0) is 4.79 Å². The van der Waals surface area contributed by atoms with Crippen LogP contribution in [0.15, 0.2) is 82.6 Å². The molecule has 8 heteroatoms. The number of para-hydroxylation sites is 2. The number of benzene rings is 3. The molecule has 2 aliphatic rings. The predicted octanol–water partition coefficient (Wildman–Crippen LogP) is 4.85. The highest BCUT2D eigenvalue weighted by molar-refractivity contribution is 8.04. The lowest BCUT2D eigenvalue weighted by molar-refractivity contribution is -0.112. The molecule has 3 aromatic rings. The van der Waals surface area contributed by atoms with Crippen molar-refractivity contribution in [2.24, 2.45) is 0 Å². The Morgan fingerprint density at radius 1 is 0.973 bits per heavy atom. The van der Waals surface area contributed by atoms with Crippen molar-refractivity contribution in [3.05, 3.63) is 94.6 Å². The normalized spacial score (nSPS) is 16.8. The molecule has 1 fully saturated rings. The van der Waals surface area contributed by atoms with Crippen LogP contribution in [-0.4, -0.2) is 56.0 Å². The molecule has 2 amide bonds. The van der Waals surface area contributed by atoms with E-state index in [1.165, 1.54) is 17.8 Å². The molecule has 0 aromatic heterocycles. The smallest absolute Gasteiger partial charge is 0.262 e. The van der Waals surface area contributed by atoms with Gasteiger partial charge < -0.3 is 15.5 Å². The second-order valence-corrected chi connectivity index (χ2v) is 10.2. The van der Waals surface area contributed by atoms with Gasteiger partial charge in [0.15, 0.2) is 0 Å². The minimum Gasteiger partial charge on any atom is -0.367 e. The molecule has 0 unspecified atom stereocenters. The number of nitrogens with zero attached hydrogens (tertiary/aromatic N) is 2. The number of halogens is 1. The van der Waals surface area contributed by atoms with Gasteiger partial charge in [0.05, 0.1) is 16.3 Å². The maximum Gasteiger partial charge on any atom is 0.262 e. The Hall–Kier alpha value is -3.62. The second kappa shape index (κ2) is 11.6.